The van der Waals surface area contributed by atoms with Crippen LogP contribution in [0.2, 0.25) is 0 Å². The van der Waals surface area contributed by atoms with Crippen LogP contribution in [0.15, 0.2) is 69.5 Å². The number of benzene rings is 1. The van der Waals surface area contributed by atoms with Crippen LogP contribution in [0.4, 0.5) is 0 Å². The van der Waals surface area contributed by atoms with Gasteiger partial charge in [-0.2, -0.15) is 10.2 Å². The van der Waals surface area contributed by atoms with Crippen LogP contribution in [-0.4, -0.2) is 16.6 Å². The molecule has 1 atom stereocenters. The van der Waals surface area contributed by atoms with Crippen LogP contribution in [-0.2, 0) is 4.79 Å². The summed E-state index contributed by atoms with van der Waals surface area (Å²) in [5.74, 6) is 3.18. The third-order valence-corrected chi connectivity index (χ3v) is 4.86. The molecule has 0 bridgehead atoms. The van der Waals surface area contributed by atoms with Gasteiger partial charge < -0.3 is 9.73 Å². The largest absolute Gasteiger partial charge is 0.459 e. The second kappa shape index (κ2) is 7.65. The lowest BCUT2D eigenvalue weighted by Gasteiger charge is -2.17. The first-order chi connectivity index (χ1) is 13.7. The van der Waals surface area contributed by atoms with Crippen molar-refractivity contribution in [2.75, 3.05) is 0 Å². The summed E-state index contributed by atoms with van der Waals surface area (Å²) in [6, 6.07) is 13.1. The van der Waals surface area contributed by atoms with Gasteiger partial charge in [-0.1, -0.05) is 24.3 Å². The van der Waals surface area contributed by atoms with Crippen LogP contribution in [0.3, 0.4) is 0 Å². The second-order valence-electron chi connectivity index (χ2n) is 6.86. The Morgan fingerprint density at radius 3 is 2.79 bits per heavy atom. The molecule has 1 aromatic carbocycles. The number of aromatic nitrogens is 1. The quantitative estimate of drug-likeness (QED) is 0.596. The first-order valence-electron chi connectivity index (χ1n) is 9.24. The highest BCUT2D eigenvalue weighted by molar-refractivity contribution is 5.79. The Kier molecular flexibility index (Phi) is 4.90. The van der Waals surface area contributed by atoms with Crippen molar-refractivity contribution in [2.45, 2.75) is 37.4 Å². The Morgan fingerprint density at radius 1 is 1.21 bits per heavy atom. The third kappa shape index (κ3) is 3.94. The number of rotatable bonds is 8. The van der Waals surface area contributed by atoms with Crippen LogP contribution < -0.4 is 5.32 Å². The second-order valence-corrected chi connectivity index (χ2v) is 6.86. The Balaban J connectivity index is 1.50. The molecule has 0 saturated heterocycles. The molecule has 6 nitrogen and oxygen atoms in total. The Bertz CT molecular complexity index is 1010. The van der Waals surface area contributed by atoms with Gasteiger partial charge in [0.1, 0.15) is 17.4 Å². The Labute approximate surface area is 163 Å². The van der Waals surface area contributed by atoms with Gasteiger partial charge in [-0.05, 0) is 18.2 Å². The molecule has 0 spiro atoms. The molecular weight excluding hydrogens is 352 g/mol. The van der Waals surface area contributed by atoms with Gasteiger partial charge in [-0.3, -0.25) is 9.78 Å². The molecule has 3 heterocycles. The molecule has 140 valence electrons. The van der Waals surface area contributed by atoms with E-state index in [2.05, 4.69) is 26.4 Å². The molecule has 1 amide bonds. The number of carbonyl (C=O) groups excluding carboxylic acids is 1. The minimum atomic E-state index is -0.465. The van der Waals surface area contributed by atoms with E-state index in [1.54, 1.807) is 12.4 Å². The van der Waals surface area contributed by atoms with Gasteiger partial charge >= 0.3 is 0 Å². The fraction of sp³-hybridized carbons (Fsp3) is 0.273. The lowest BCUT2D eigenvalue weighted by molar-refractivity contribution is -0.122. The SMILES string of the molecule is C#CCCC1(CCC(=O)NC(c2cccnc2)c2cc3ccccc3o2)N=N1. The fourth-order valence-electron chi connectivity index (χ4n) is 3.23. The maximum absolute atomic E-state index is 12.7. The van der Waals surface area contributed by atoms with Gasteiger partial charge in [-0.15, -0.1) is 12.3 Å². The standard InChI is InChI=1S/C22H20N4O2/c1-2-3-11-22(25-26-22)12-10-20(27)24-21(17-8-6-13-23-15-17)19-14-16-7-4-5-9-18(16)28-19/h1,4-9,13-15,21H,3,10-12H2,(H,24,27). The van der Waals surface area contributed by atoms with Crippen molar-refractivity contribution in [1.82, 2.24) is 10.3 Å². The van der Waals surface area contributed by atoms with E-state index >= 15 is 0 Å². The van der Waals surface area contributed by atoms with E-state index in [0.717, 1.165) is 16.5 Å². The van der Waals surface area contributed by atoms with Crippen molar-refractivity contribution in [1.29, 1.82) is 0 Å². The van der Waals surface area contributed by atoms with Crippen LogP contribution in [0, 0.1) is 12.3 Å². The van der Waals surface area contributed by atoms with E-state index in [-0.39, 0.29) is 5.91 Å². The first kappa shape index (κ1) is 17.9. The summed E-state index contributed by atoms with van der Waals surface area (Å²) < 4.78 is 5.99. The molecule has 0 saturated carbocycles. The molecule has 1 aliphatic rings. The highest BCUT2D eigenvalue weighted by Crippen LogP contribution is 2.37. The zero-order valence-corrected chi connectivity index (χ0v) is 15.3. The van der Waals surface area contributed by atoms with Gasteiger partial charge in [0.2, 0.25) is 5.91 Å². The van der Waals surface area contributed by atoms with Crippen molar-refractivity contribution < 1.29 is 9.21 Å². The molecule has 6 heteroatoms. The van der Waals surface area contributed by atoms with Gasteiger partial charge in [0, 0.05) is 49.0 Å². The van der Waals surface area contributed by atoms with Crippen LogP contribution in [0.25, 0.3) is 11.0 Å². The number of pyridine rings is 1. The topological polar surface area (TPSA) is 79.9 Å². The van der Waals surface area contributed by atoms with Crippen molar-refractivity contribution in [3.05, 3.63) is 66.2 Å². The molecule has 0 fully saturated rings. The van der Waals surface area contributed by atoms with Crippen LogP contribution in [0.5, 0.6) is 0 Å². The molecule has 1 aliphatic heterocycles. The summed E-state index contributed by atoms with van der Waals surface area (Å²) in [4.78, 5) is 16.8. The monoisotopic (exact) mass is 372 g/mol. The van der Waals surface area contributed by atoms with Crippen molar-refractivity contribution >= 4 is 16.9 Å². The number of carbonyl (C=O) groups is 1. The van der Waals surface area contributed by atoms with Crippen LogP contribution >= 0.6 is 0 Å². The number of para-hydroxylation sites is 1. The molecule has 0 radical (unpaired) electrons. The lowest BCUT2D eigenvalue weighted by atomic mass is 10.0. The number of furan rings is 1. The van der Waals surface area contributed by atoms with E-state index in [0.29, 0.717) is 31.4 Å². The summed E-state index contributed by atoms with van der Waals surface area (Å²) in [6.07, 6.45) is 10.9. The van der Waals surface area contributed by atoms with Crippen molar-refractivity contribution in [3.63, 3.8) is 0 Å². The molecule has 2 aromatic heterocycles. The molecule has 1 unspecified atom stereocenters. The number of amides is 1. The minimum absolute atomic E-state index is 0.0910. The van der Waals surface area contributed by atoms with E-state index in [1.807, 2.05) is 42.5 Å². The lowest BCUT2D eigenvalue weighted by Crippen LogP contribution is -2.30. The van der Waals surface area contributed by atoms with E-state index in [1.165, 1.54) is 0 Å². The van der Waals surface area contributed by atoms with Gasteiger partial charge in [0.05, 0.1) is 0 Å². The van der Waals surface area contributed by atoms with E-state index in [4.69, 9.17) is 10.8 Å². The maximum Gasteiger partial charge on any atom is 0.221 e. The Hall–Kier alpha value is -3.46. The average Bonchev–Trinajstić information content (AvgIpc) is 3.38. The summed E-state index contributed by atoms with van der Waals surface area (Å²) in [7, 11) is 0. The zero-order chi connectivity index (χ0) is 19.4. The highest BCUT2D eigenvalue weighted by Gasteiger charge is 2.39. The summed E-state index contributed by atoms with van der Waals surface area (Å²) in [6.45, 7) is 0. The molecule has 28 heavy (non-hydrogen) atoms. The van der Waals surface area contributed by atoms with Crippen molar-refractivity contribution in [3.8, 4) is 12.3 Å². The van der Waals surface area contributed by atoms with Crippen LogP contribution in [0.1, 0.15) is 43.0 Å². The summed E-state index contributed by atoms with van der Waals surface area (Å²) >= 11 is 0. The number of nitrogens with one attached hydrogen (secondary N) is 1. The molecule has 4 rings (SSSR count). The predicted molar refractivity (Wildman–Crippen MR) is 105 cm³/mol. The van der Waals surface area contributed by atoms with Crippen molar-refractivity contribution in [2.24, 2.45) is 10.2 Å². The highest BCUT2D eigenvalue weighted by atomic mass is 16.3. The molecule has 0 aliphatic carbocycles. The molecule has 1 N–H and O–H groups in total. The fourth-order valence-corrected chi connectivity index (χ4v) is 3.23. The predicted octanol–water partition coefficient (Wildman–Crippen LogP) is 4.39. The van der Waals surface area contributed by atoms with E-state index in [9.17, 15) is 4.79 Å². The smallest absolute Gasteiger partial charge is 0.221 e. The molecular formula is C22H20N4O2. The third-order valence-electron chi connectivity index (χ3n) is 4.86. The van der Waals surface area contributed by atoms with Gasteiger partial charge in [-0.25, -0.2) is 0 Å². The summed E-state index contributed by atoms with van der Waals surface area (Å²) in [5, 5.41) is 12.2. The normalized spacial score (nSPS) is 15.1. The van der Waals surface area contributed by atoms with Gasteiger partial charge in [0.15, 0.2) is 5.66 Å². The van der Waals surface area contributed by atoms with E-state index < -0.39 is 11.7 Å². The number of nitrogens with zero attached hydrogens (tertiary/aromatic N) is 3. The number of hydrogen-bond donors (Lipinski definition) is 1. The van der Waals surface area contributed by atoms with Gasteiger partial charge in [0.25, 0.3) is 0 Å². The Morgan fingerprint density at radius 2 is 2.07 bits per heavy atom. The number of hydrogen-bond acceptors (Lipinski definition) is 5. The molecule has 3 aromatic rings. The first-order valence-corrected chi connectivity index (χ1v) is 9.24. The zero-order valence-electron chi connectivity index (χ0n) is 15.3. The number of fused-ring (bicyclic) bond motifs is 1. The summed E-state index contributed by atoms with van der Waals surface area (Å²) in [5.41, 5.74) is 1.18. The average molecular weight is 372 g/mol. The maximum atomic E-state index is 12.7. The number of terminal acetylenes is 1. The minimum Gasteiger partial charge on any atom is -0.459 e.